The average molecular weight is 479 g/mol. The van der Waals surface area contributed by atoms with Crippen molar-refractivity contribution in [2.75, 3.05) is 6.61 Å². The molecule has 7 heteroatoms. The fourth-order valence-corrected chi connectivity index (χ4v) is 3.85. The van der Waals surface area contributed by atoms with Crippen molar-refractivity contribution < 1.29 is 31.8 Å². The van der Waals surface area contributed by atoms with Gasteiger partial charge in [-0.1, -0.05) is 49.7 Å². The maximum Gasteiger partial charge on any atom is 0.267 e. The summed E-state index contributed by atoms with van der Waals surface area (Å²) in [6.45, 7) is 3.45. The first-order valence-corrected chi connectivity index (χ1v) is 11.2. The summed E-state index contributed by atoms with van der Waals surface area (Å²) >= 11 is 0. The number of ether oxygens (including phenoxy) is 1. The molecular weight excluding hydrogens is 451 g/mol. The zero-order chi connectivity index (χ0) is 24.8. The van der Waals surface area contributed by atoms with E-state index in [4.69, 9.17) is 4.74 Å². The molecule has 1 N–H and O–H groups in total. The van der Waals surface area contributed by atoms with Crippen molar-refractivity contribution in [3.63, 3.8) is 0 Å². The zero-order valence-electron chi connectivity index (χ0n) is 19.1. The van der Waals surface area contributed by atoms with Crippen molar-refractivity contribution in [2.45, 2.75) is 52.1 Å². The molecule has 0 saturated carbocycles. The molecule has 34 heavy (non-hydrogen) atoms. The Hall–Kier alpha value is -2.93. The van der Waals surface area contributed by atoms with Gasteiger partial charge in [-0.3, -0.25) is 0 Å². The summed E-state index contributed by atoms with van der Waals surface area (Å²) in [6, 6.07) is 12.5. The fraction of sp³-hybridized carbons (Fsp3) is 0.333. The van der Waals surface area contributed by atoms with Crippen molar-refractivity contribution in [3.05, 3.63) is 88.2 Å². The van der Waals surface area contributed by atoms with Crippen LogP contribution < -0.4 is 4.74 Å². The van der Waals surface area contributed by atoms with E-state index < -0.39 is 46.7 Å². The second-order valence-electron chi connectivity index (χ2n) is 8.16. The van der Waals surface area contributed by atoms with Gasteiger partial charge in [0.2, 0.25) is 0 Å². The van der Waals surface area contributed by atoms with Gasteiger partial charge in [0.15, 0.2) is 23.2 Å². The second kappa shape index (κ2) is 11.5. The minimum atomic E-state index is -3.28. The van der Waals surface area contributed by atoms with Crippen molar-refractivity contribution in [3.8, 4) is 16.9 Å². The van der Waals surface area contributed by atoms with Gasteiger partial charge in [0, 0.05) is 11.1 Å². The Kier molecular flexibility index (Phi) is 8.67. The Morgan fingerprint density at radius 1 is 0.794 bits per heavy atom. The maximum atomic E-state index is 14.9. The molecule has 1 unspecified atom stereocenters. The molecule has 0 aliphatic carbocycles. The molecule has 0 amide bonds. The van der Waals surface area contributed by atoms with E-state index in [1.165, 1.54) is 12.5 Å². The highest BCUT2D eigenvalue weighted by atomic mass is 19.3. The molecule has 3 rings (SSSR count). The number of alkyl halides is 2. The number of aryl methyl sites for hydroxylation is 2. The third-order valence-corrected chi connectivity index (χ3v) is 5.64. The molecule has 0 heterocycles. The van der Waals surface area contributed by atoms with Gasteiger partial charge in [0.25, 0.3) is 6.43 Å². The number of benzene rings is 3. The van der Waals surface area contributed by atoms with Crippen LogP contribution in [0.4, 0.5) is 22.0 Å². The van der Waals surface area contributed by atoms with Crippen LogP contribution in [0.3, 0.4) is 0 Å². The van der Waals surface area contributed by atoms with Crippen LogP contribution in [0.25, 0.3) is 11.1 Å². The minimum Gasteiger partial charge on any atom is -0.490 e. The summed E-state index contributed by atoms with van der Waals surface area (Å²) in [4.78, 5) is 0. The predicted molar refractivity (Wildman–Crippen MR) is 122 cm³/mol. The van der Waals surface area contributed by atoms with E-state index in [1.807, 2.05) is 12.1 Å². The van der Waals surface area contributed by atoms with Gasteiger partial charge >= 0.3 is 0 Å². The smallest absolute Gasteiger partial charge is 0.267 e. The van der Waals surface area contributed by atoms with E-state index in [1.54, 1.807) is 0 Å². The highest BCUT2D eigenvalue weighted by Crippen LogP contribution is 2.39. The van der Waals surface area contributed by atoms with Crippen molar-refractivity contribution in [1.82, 2.24) is 0 Å². The van der Waals surface area contributed by atoms with Gasteiger partial charge in [0.1, 0.15) is 0 Å². The molecule has 0 aromatic heterocycles. The number of halogens is 5. The van der Waals surface area contributed by atoms with Gasteiger partial charge in [-0.25, -0.2) is 22.0 Å². The molecule has 0 spiro atoms. The van der Waals surface area contributed by atoms with Crippen LogP contribution >= 0.6 is 0 Å². The molecule has 0 aliphatic rings. The standard InChI is InChI=1S/C27H27F5O2/c1-3-5-17-7-9-18(10-8-17)6-4-15-34-22-14-13-20(23(26(22)30)27(31)32)21-12-11-19(16(2)33)24(28)25(21)29/h7-14,16,27,33H,3-6,15H2,1-2H3. The lowest BCUT2D eigenvalue weighted by molar-refractivity contribution is 0.145. The zero-order valence-corrected chi connectivity index (χ0v) is 19.1. The van der Waals surface area contributed by atoms with Crippen LogP contribution in [-0.2, 0) is 12.8 Å². The van der Waals surface area contributed by atoms with E-state index in [9.17, 15) is 27.1 Å². The lowest BCUT2D eigenvalue weighted by atomic mass is 9.96. The Morgan fingerprint density at radius 3 is 2.00 bits per heavy atom. The predicted octanol–water partition coefficient (Wildman–Crippen LogP) is 7.73. The molecule has 182 valence electrons. The largest absolute Gasteiger partial charge is 0.490 e. The molecule has 0 radical (unpaired) electrons. The van der Waals surface area contributed by atoms with Gasteiger partial charge in [-0.2, -0.15) is 0 Å². The molecule has 2 nitrogen and oxygen atoms in total. The van der Waals surface area contributed by atoms with E-state index >= 15 is 0 Å². The summed E-state index contributed by atoms with van der Waals surface area (Å²) in [7, 11) is 0. The Balaban J connectivity index is 1.76. The van der Waals surface area contributed by atoms with Crippen molar-refractivity contribution in [1.29, 1.82) is 0 Å². The first-order chi connectivity index (χ1) is 16.2. The van der Waals surface area contributed by atoms with E-state index in [2.05, 4.69) is 19.1 Å². The molecule has 0 bridgehead atoms. The van der Waals surface area contributed by atoms with Crippen LogP contribution in [0.5, 0.6) is 5.75 Å². The van der Waals surface area contributed by atoms with E-state index in [-0.39, 0.29) is 17.9 Å². The van der Waals surface area contributed by atoms with Gasteiger partial charge in [-0.05, 0) is 55.0 Å². The third-order valence-electron chi connectivity index (χ3n) is 5.64. The Bertz CT molecular complexity index is 1110. The highest BCUT2D eigenvalue weighted by molar-refractivity contribution is 5.70. The lowest BCUT2D eigenvalue weighted by Gasteiger charge is -2.16. The van der Waals surface area contributed by atoms with E-state index in [0.717, 1.165) is 42.7 Å². The monoisotopic (exact) mass is 478 g/mol. The molecule has 0 fully saturated rings. The fourth-order valence-electron chi connectivity index (χ4n) is 3.85. The van der Waals surface area contributed by atoms with Gasteiger partial charge < -0.3 is 9.84 Å². The van der Waals surface area contributed by atoms with Crippen LogP contribution in [0.1, 0.15) is 61.5 Å². The van der Waals surface area contributed by atoms with Crippen LogP contribution in [0.15, 0.2) is 48.5 Å². The quantitative estimate of drug-likeness (QED) is 0.239. The molecule has 3 aromatic carbocycles. The van der Waals surface area contributed by atoms with Crippen molar-refractivity contribution >= 4 is 0 Å². The Labute approximate surface area is 196 Å². The third kappa shape index (κ3) is 5.76. The summed E-state index contributed by atoms with van der Waals surface area (Å²) in [5.74, 6) is -4.48. The number of rotatable bonds is 10. The van der Waals surface area contributed by atoms with Crippen LogP contribution in [-0.4, -0.2) is 11.7 Å². The maximum absolute atomic E-state index is 14.9. The summed E-state index contributed by atoms with van der Waals surface area (Å²) < 4.78 is 76.6. The minimum absolute atomic E-state index is 0.0989. The summed E-state index contributed by atoms with van der Waals surface area (Å²) in [5.41, 5.74) is -0.0335. The van der Waals surface area contributed by atoms with Crippen LogP contribution in [0.2, 0.25) is 0 Å². The van der Waals surface area contributed by atoms with Gasteiger partial charge in [0.05, 0.1) is 18.3 Å². The average Bonchev–Trinajstić information content (AvgIpc) is 2.80. The highest BCUT2D eigenvalue weighted by Gasteiger charge is 2.26. The van der Waals surface area contributed by atoms with Crippen molar-refractivity contribution in [2.24, 2.45) is 0 Å². The topological polar surface area (TPSA) is 29.5 Å². The first-order valence-electron chi connectivity index (χ1n) is 11.2. The molecule has 0 aliphatic heterocycles. The number of aliphatic hydroxyl groups is 1. The molecule has 3 aromatic rings. The molecular formula is C27H27F5O2. The summed E-state index contributed by atoms with van der Waals surface area (Å²) in [6.07, 6.45) is -1.29. The molecule has 0 saturated heterocycles. The Morgan fingerprint density at radius 2 is 1.41 bits per heavy atom. The lowest BCUT2D eigenvalue weighted by Crippen LogP contribution is -2.06. The second-order valence-corrected chi connectivity index (χ2v) is 8.16. The van der Waals surface area contributed by atoms with Gasteiger partial charge in [-0.15, -0.1) is 0 Å². The molecule has 1 atom stereocenters. The van der Waals surface area contributed by atoms with Crippen LogP contribution in [0, 0.1) is 17.5 Å². The SMILES string of the molecule is CCCc1ccc(CCCOc2ccc(-c3ccc(C(C)O)c(F)c3F)c(C(F)F)c2F)cc1. The summed E-state index contributed by atoms with van der Waals surface area (Å²) in [5, 5.41) is 9.52. The number of hydrogen-bond donors (Lipinski definition) is 1. The normalized spacial score (nSPS) is 12.3. The number of aliphatic hydroxyl groups excluding tert-OH is 1. The van der Waals surface area contributed by atoms with E-state index in [0.29, 0.717) is 12.8 Å². The first kappa shape index (κ1) is 25.7. The number of hydrogen-bond acceptors (Lipinski definition) is 2.